The third-order valence-electron chi connectivity index (χ3n) is 3.08. The summed E-state index contributed by atoms with van der Waals surface area (Å²) in [6.07, 6.45) is 2.49. The summed E-state index contributed by atoms with van der Waals surface area (Å²) in [5, 5.41) is 3.39. The molecule has 0 aliphatic carbocycles. The molecule has 1 nitrogen and oxygen atoms in total. The first-order valence-corrected chi connectivity index (χ1v) is 7.11. The van der Waals surface area contributed by atoms with Crippen molar-refractivity contribution in [1.82, 2.24) is 5.32 Å². The van der Waals surface area contributed by atoms with E-state index in [0.29, 0.717) is 6.04 Å². The SMILES string of the molecule is CCC(NC)C(C)CCSc1ccccc1. The zero-order chi connectivity index (χ0) is 11.8. The minimum atomic E-state index is 0.663. The summed E-state index contributed by atoms with van der Waals surface area (Å²) >= 11 is 1.96. The van der Waals surface area contributed by atoms with Crippen molar-refractivity contribution in [3.05, 3.63) is 30.3 Å². The van der Waals surface area contributed by atoms with Gasteiger partial charge in [0.15, 0.2) is 0 Å². The highest BCUT2D eigenvalue weighted by Crippen LogP contribution is 2.21. The van der Waals surface area contributed by atoms with Gasteiger partial charge in [0, 0.05) is 10.9 Å². The monoisotopic (exact) mass is 237 g/mol. The Morgan fingerprint density at radius 1 is 1.25 bits per heavy atom. The third-order valence-corrected chi connectivity index (χ3v) is 4.13. The van der Waals surface area contributed by atoms with Gasteiger partial charge in [-0.2, -0.15) is 0 Å². The molecule has 0 bridgehead atoms. The van der Waals surface area contributed by atoms with E-state index in [0.717, 1.165) is 5.92 Å². The van der Waals surface area contributed by atoms with E-state index >= 15 is 0 Å². The molecule has 0 aromatic heterocycles. The molecule has 90 valence electrons. The number of hydrogen-bond donors (Lipinski definition) is 1. The van der Waals surface area contributed by atoms with Crippen LogP contribution in [0.1, 0.15) is 26.7 Å². The van der Waals surface area contributed by atoms with Crippen molar-refractivity contribution in [2.45, 2.75) is 37.6 Å². The predicted octanol–water partition coefficient (Wildman–Crippen LogP) is 3.80. The zero-order valence-corrected chi connectivity index (χ0v) is 11.4. The van der Waals surface area contributed by atoms with Gasteiger partial charge >= 0.3 is 0 Å². The number of hydrogen-bond acceptors (Lipinski definition) is 2. The van der Waals surface area contributed by atoms with Gasteiger partial charge in [-0.25, -0.2) is 0 Å². The first kappa shape index (κ1) is 13.6. The van der Waals surface area contributed by atoms with E-state index in [2.05, 4.69) is 56.5 Å². The fraction of sp³-hybridized carbons (Fsp3) is 0.571. The van der Waals surface area contributed by atoms with Gasteiger partial charge in [-0.05, 0) is 43.7 Å². The van der Waals surface area contributed by atoms with Gasteiger partial charge in [0.05, 0.1) is 0 Å². The van der Waals surface area contributed by atoms with Gasteiger partial charge in [0.2, 0.25) is 0 Å². The Labute approximate surface area is 104 Å². The largest absolute Gasteiger partial charge is 0.317 e. The second kappa shape index (κ2) is 7.75. The van der Waals surface area contributed by atoms with Crippen molar-refractivity contribution in [3.63, 3.8) is 0 Å². The average Bonchev–Trinajstić information content (AvgIpc) is 2.32. The van der Waals surface area contributed by atoms with Crippen LogP contribution in [0.4, 0.5) is 0 Å². The van der Waals surface area contributed by atoms with E-state index in [4.69, 9.17) is 0 Å². The van der Waals surface area contributed by atoms with Gasteiger partial charge in [-0.1, -0.05) is 32.0 Å². The number of benzene rings is 1. The maximum absolute atomic E-state index is 3.39. The normalized spacial score (nSPS) is 14.7. The molecule has 0 radical (unpaired) electrons. The Hall–Kier alpha value is -0.470. The quantitative estimate of drug-likeness (QED) is 0.724. The Morgan fingerprint density at radius 3 is 2.50 bits per heavy atom. The molecule has 1 N–H and O–H groups in total. The standard InChI is InChI=1S/C14H23NS/c1-4-14(15-3)12(2)10-11-16-13-8-6-5-7-9-13/h5-9,12,14-15H,4,10-11H2,1-3H3. The lowest BCUT2D eigenvalue weighted by Crippen LogP contribution is -2.31. The highest BCUT2D eigenvalue weighted by Gasteiger charge is 2.12. The summed E-state index contributed by atoms with van der Waals surface area (Å²) in [5.74, 6) is 1.97. The smallest absolute Gasteiger partial charge is 0.00873 e. The highest BCUT2D eigenvalue weighted by molar-refractivity contribution is 7.99. The highest BCUT2D eigenvalue weighted by atomic mass is 32.2. The van der Waals surface area contributed by atoms with Crippen LogP contribution in [0.15, 0.2) is 35.2 Å². The Bertz CT molecular complexity index is 269. The van der Waals surface area contributed by atoms with E-state index in [-0.39, 0.29) is 0 Å². The van der Waals surface area contributed by atoms with Crippen LogP contribution >= 0.6 is 11.8 Å². The number of nitrogens with one attached hydrogen (secondary N) is 1. The summed E-state index contributed by atoms with van der Waals surface area (Å²) in [7, 11) is 2.06. The summed E-state index contributed by atoms with van der Waals surface area (Å²) in [5.41, 5.74) is 0. The van der Waals surface area contributed by atoms with E-state index in [1.165, 1.54) is 23.5 Å². The molecule has 2 unspecified atom stereocenters. The predicted molar refractivity (Wildman–Crippen MR) is 74.1 cm³/mol. The zero-order valence-electron chi connectivity index (χ0n) is 10.6. The van der Waals surface area contributed by atoms with Crippen molar-refractivity contribution in [3.8, 4) is 0 Å². The Balaban J connectivity index is 2.25. The lowest BCUT2D eigenvalue weighted by molar-refractivity contribution is 0.381. The molecule has 0 saturated carbocycles. The van der Waals surface area contributed by atoms with Gasteiger partial charge in [-0.3, -0.25) is 0 Å². The summed E-state index contributed by atoms with van der Waals surface area (Å²) in [6, 6.07) is 11.3. The van der Waals surface area contributed by atoms with Crippen LogP contribution in [0.3, 0.4) is 0 Å². The summed E-state index contributed by atoms with van der Waals surface area (Å²) in [6.45, 7) is 4.60. The molecule has 0 fully saturated rings. The van der Waals surface area contributed by atoms with Gasteiger partial charge in [0.25, 0.3) is 0 Å². The average molecular weight is 237 g/mol. The van der Waals surface area contributed by atoms with E-state index in [1.54, 1.807) is 0 Å². The van der Waals surface area contributed by atoms with Gasteiger partial charge in [0.1, 0.15) is 0 Å². The van der Waals surface area contributed by atoms with Crippen LogP contribution in [0.25, 0.3) is 0 Å². The van der Waals surface area contributed by atoms with E-state index < -0.39 is 0 Å². The maximum atomic E-state index is 3.39. The first-order chi connectivity index (χ1) is 7.77. The van der Waals surface area contributed by atoms with Crippen LogP contribution in [0, 0.1) is 5.92 Å². The lowest BCUT2D eigenvalue weighted by Gasteiger charge is -2.21. The van der Waals surface area contributed by atoms with Crippen molar-refractivity contribution in [2.24, 2.45) is 5.92 Å². The molecule has 16 heavy (non-hydrogen) atoms. The van der Waals surface area contributed by atoms with E-state index in [9.17, 15) is 0 Å². The van der Waals surface area contributed by atoms with Crippen LogP contribution in [-0.2, 0) is 0 Å². The van der Waals surface area contributed by atoms with Crippen molar-refractivity contribution < 1.29 is 0 Å². The summed E-state index contributed by atoms with van der Waals surface area (Å²) < 4.78 is 0. The Morgan fingerprint density at radius 2 is 1.94 bits per heavy atom. The molecule has 2 heteroatoms. The van der Waals surface area contributed by atoms with Crippen molar-refractivity contribution in [1.29, 1.82) is 0 Å². The fourth-order valence-electron chi connectivity index (χ4n) is 1.97. The minimum absolute atomic E-state index is 0.663. The maximum Gasteiger partial charge on any atom is 0.00873 e. The summed E-state index contributed by atoms with van der Waals surface area (Å²) in [4.78, 5) is 1.38. The molecule has 0 heterocycles. The minimum Gasteiger partial charge on any atom is -0.317 e. The molecule has 1 rings (SSSR count). The van der Waals surface area contributed by atoms with Crippen LogP contribution < -0.4 is 5.32 Å². The number of thioether (sulfide) groups is 1. The first-order valence-electron chi connectivity index (χ1n) is 6.13. The van der Waals surface area contributed by atoms with Crippen LogP contribution in [-0.4, -0.2) is 18.8 Å². The third kappa shape index (κ3) is 4.58. The topological polar surface area (TPSA) is 12.0 Å². The lowest BCUT2D eigenvalue weighted by atomic mass is 9.97. The molecule has 1 aromatic carbocycles. The second-order valence-electron chi connectivity index (χ2n) is 4.23. The second-order valence-corrected chi connectivity index (χ2v) is 5.40. The van der Waals surface area contributed by atoms with Gasteiger partial charge < -0.3 is 5.32 Å². The number of rotatable bonds is 7. The van der Waals surface area contributed by atoms with Crippen LogP contribution in [0.2, 0.25) is 0 Å². The molecule has 0 saturated heterocycles. The van der Waals surface area contributed by atoms with Crippen molar-refractivity contribution >= 4 is 11.8 Å². The molecule has 0 aliphatic heterocycles. The molecule has 0 aliphatic rings. The molecular weight excluding hydrogens is 214 g/mol. The molecule has 0 spiro atoms. The molecule has 2 atom stereocenters. The molecular formula is C14H23NS. The fourth-order valence-corrected chi connectivity index (χ4v) is 3.05. The van der Waals surface area contributed by atoms with Crippen LogP contribution in [0.5, 0.6) is 0 Å². The molecule has 0 amide bonds. The van der Waals surface area contributed by atoms with Crippen molar-refractivity contribution in [2.75, 3.05) is 12.8 Å². The van der Waals surface area contributed by atoms with E-state index in [1.807, 2.05) is 11.8 Å². The van der Waals surface area contributed by atoms with Gasteiger partial charge in [-0.15, -0.1) is 11.8 Å². The Kier molecular flexibility index (Phi) is 6.58. The molecule has 1 aromatic rings.